The largest absolute Gasteiger partial charge is 0.354 e. The molecular formula is C15H20N4OS. The van der Waals surface area contributed by atoms with Gasteiger partial charge in [-0.2, -0.15) is 0 Å². The Morgan fingerprint density at radius 2 is 2.33 bits per heavy atom. The molecule has 2 aromatic heterocycles. The van der Waals surface area contributed by atoms with Crippen LogP contribution in [0.4, 0.5) is 5.82 Å². The molecule has 0 spiro atoms. The Balaban J connectivity index is 1.88. The van der Waals surface area contributed by atoms with Crippen molar-refractivity contribution in [3.63, 3.8) is 0 Å². The molecule has 1 atom stereocenters. The van der Waals surface area contributed by atoms with Gasteiger partial charge in [-0.1, -0.05) is 0 Å². The van der Waals surface area contributed by atoms with Gasteiger partial charge in [0.15, 0.2) is 0 Å². The van der Waals surface area contributed by atoms with Crippen molar-refractivity contribution in [2.45, 2.75) is 33.2 Å². The van der Waals surface area contributed by atoms with Crippen molar-refractivity contribution < 1.29 is 4.79 Å². The summed E-state index contributed by atoms with van der Waals surface area (Å²) in [7, 11) is 0. The van der Waals surface area contributed by atoms with Gasteiger partial charge >= 0.3 is 0 Å². The number of rotatable bonds is 3. The third kappa shape index (κ3) is 2.60. The van der Waals surface area contributed by atoms with E-state index < -0.39 is 0 Å². The van der Waals surface area contributed by atoms with Crippen LogP contribution in [0.25, 0.3) is 10.2 Å². The Morgan fingerprint density at radius 1 is 1.52 bits per heavy atom. The van der Waals surface area contributed by atoms with Crippen LogP contribution in [-0.2, 0) is 4.79 Å². The number of nitrogens with zero attached hydrogens (tertiary/aromatic N) is 4. The lowest BCUT2D eigenvalue weighted by molar-refractivity contribution is -0.130. The second-order valence-electron chi connectivity index (χ2n) is 5.43. The summed E-state index contributed by atoms with van der Waals surface area (Å²) in [4.78, 5) is 26.1. The van der Waals surface area contributed by atoms with E-state index in [-0.39, 0.29) is 11.9 Å². The van der Waals surface area contributed by atoms with Crippen molar-refractivity contribution in [2.75, 3.05) is 24.5 Å². The molecule has 21 heavy (non-hydrogen) atoms. The highest BCUT2D eigenvalue weighted by Gasteiger charge is 2.30. The second kappa shape index (κ2) is 5.60. The molecule has 3 rings (SSSR count). The molecule has 0 radical (unpaired) electrons. The van der Waals surface area contributed by atoms with Crippen LogP contribution in [-0.4, -0.2) is 46.5 Å². The topological polar surface area (TPSA) is 49.3 Å². The molecule has 5 nitrogen and oxygen atoms in total. The maximum Gasteiger partial charge on any atom is 0.219 e. The summed E-state index contributed by atoms with van der Waals surface area (Å²) in [6, 6.07) is 2.38. The number of hydrogen-bond acceptors (Lipinski definition) is 5. The Morgan fingerprint density at radius 3 is 3.05 bits per heavy atom. The number of likely N-dealkylation sites (N-methyl/N-ethyl adjacent to an activating group) is 1. The number of fused-ring (bicyclic) bond motifs is 1. The minimum atomic E-state index is 0.156. The summed E-state index contributed by atoms with van der Waals surface area (Å²) >= 11 is 1.65. The van der Waals surface area contributed by atoms with Gasteiger partial charge in [-0.3, -0.25) is 4.79 Å². The molecule has 0 saturated carbocycles. The first kappa shape index (κ1) is 14.3. The van der Waals surface area contributed by atoms with Crippen molar-refractivity contribution in [1.82, 2.24) is 14.9 Å². The quantitative estimate of drug-likeness (QED) is 0.874. The van der Waals surface area contributed by atoms with Crippen LogP contribution in [0, 0.1) is 6.92 Å². The molecule has 2 aromatic rings. The number of aryl methyl sites for hydroxylation is 1. The average molecular weight is 304 g/mol. The SMILES string of the molecule is CCN(C(C)=O)C1CCN(c2nc(C)nc3sccc23)C1. The Hall–Kier alpha value is -1.69. The first-order chi connectivity index (χ1) is 10.1. The van der Waals surface area contributed by atoms with E-state index in [1.165, 1.54) is 0 Å². The van der Waals surface area contributed by atoms with Gasteiger partial charge in [0.05, 0.1) is 11.4 Å². The van der Waals surface area contributed by atoms with Crippen LogP contribution in [0.5, 0.6) is 0 Å². The van der Waals surface area contributed by atoms with E-state index in [4.69, 9.17) is 0 Å². The summed E-state index contributed by atoms with van der Waals surface area (Å²) in [6.45, 7) is 8.19. The van der Waals surface area contributed by atoms with Crippen LogP contribution in [0.1, 0.15) is 26.1 Å². The minimum Gasteiger partial charge on any atom is -0.354 e. The van der Waals surface area contributed by atoms with Gasteiger partial charge in [-0.25, -0.2) is 9.97 Å². The lowest BCUT2D eigenvalue weighted by atomic mass is 10.2. The maximum atomic E-state index is 11.7. The number of hydrogen-bond donors (Lipinski definition) is 0. The van der Waals surface area contributed by atoms with E-state index in [1.807, 2.05) is 18.7 Å². The maximum absolute atomic E-state index is 11.7. The third-order valence-electron chi connectivity index (χ3n) is 4.07. The molecule has 3 heterocycles. The van der Waals surface area contributed by atoms with E-state index in [0.717, 1.165) is 47.9 Å². The van der Waals surface area contributed by atoms with E-state index >= 15 is 0 Å². The zero-order valence-corrected chi connectivity index (χ0v) is 13.5. The summed E-state index contributed by atoms with van der Waals surface area (Å²) in [5.41, 5.74) is 0. The van der Waals surface area contributed by atoms with E-state index in [9.17, 15) is 4.79 Å². The standard InChI is InChI=1S/C15H20N4OS/c1-4-19(11(3)20)12-5-7-18(9-12)14-13-6-8-21-15(13)17-10(2)16-14/h6,8,12H,4-5,7,9H2,1-3H3. The van der Waals surface area contributed by atoms with Gasteiger partial charge in [-0.05, 0) is 31.7 Å². The molecule has 1 fully saturated rings. The molecule has 0 N–H and O–H groups in total. The number of thiophene rings is 1. The third-order valence-corrected chi connectivity index (χ3v) is 4.87. The predicted octanol–water partition coefficient (Wildman–Crippen LogP) is 2.45. The van der Waals surface area contributed by atoms with Gasteiger partial charge in [0.2, 0.25) is 5.91 Å². The lowest BCUT2D eigenvalue weighted by Crippen LogP contribution is -2.40. The number of amides is 1. The van der Waals surface area contributed by atoms with Crippen molar-refractivity contribution in [3.05, 3.63) is 17.3 Å². The number of aromatic nitrogens is 2. The second-order valence-corrected chi connectivity index (χ2v) is 6.32. The summed E-state index contributed by atoms with van der Waals surface area (Å²) in [6.07, 6.45) is 1.00. The molecule has 0 aliphatic carbocycles. The Kier molecular flexibility index (Phi) is 3.80. The molecule has 1 amide bonds. The molecule has 1 unspecified atom stereocenters. The monoisotopic (exact) mass is 304 g/mol. The molecule has 1 aliphatic rings. The lowest BCUT2D eigenvalue weighted by Gasteiger charge is -2.27. The number of carbonyl (C=O) groups is 1. The van der Waals surface area contributed by atoms with Gasteiger partial charge in [0, 0.05) is 26.6 Å². The van der Waals surface area contributed by atoms with Gasteiger partial charge in [-0.15, -0.1) is 11.3 Å². The fraction of sp³-hybridized carbons (Fsp3) is 0.533. The Bertz CT molecular complexity index is 669. The van der Waals surface area contributed by atoms with Crippen LogP contribution in [0.15, 0.2) is 11.4 Å². The van der Waals surface area contributed by atoms with Crippen LogP contribution < -0.4 is 4.90 Å². The fourth-order valence-electron chi connectivity index (χ4n) is 3.11. The molecule has 0 bridgehead atoms. The zero-order valence-electron chi connectivity index (χ0n) is 12.7. The van der Waals surface area contributed by atoms with E-state index in [1.54, 1.807) is 18.3 Å². The molecule has 112 valence electrons. The van der Waals surface area contributed by atoms with Crippen molar-refractivity contribution >= 4 is 33.3 Å². The zero-order chi connectivity index (χ0) is 15.0. The molecule has 0 aromatic carbocycles. The van der Waals surface area contributed by atoms with Crippen molar-refractivity contribution in [2.24, 2.45) is 0 Å². The van der Waals surface area contributed by atoms with Crippen LogP contribution >= 0.6 is 11.3 Å². The highest BCUT2D eigenvalue weighted by Crippen LogP contribution is 2.30. The molecule has 6 heteroatoms. The highest BCUT2D eigenvalue weighted by atomic mass is 32.1. The van der Waals surface area contributed by atoms with Gasteiger partial charge < -0.3 is 9.80 Å². The van der Waals surface area contributed by atoms with Crippen molar-refractivity contribution in [3.8, 4) is 0 Å². The van der Waals surface area contributed by atoms with E-state index in [2.05, 4.69) is 26.3 Å². The molecule has 1 saturated heterocycles. The number of carbonyl (C=O) groups excluding carboxylic acids is 1. The smallest absolute Gasteiger partial charge is 0.219 e. The first-order valence-electron chi connectivity index (χ1n) is 7.34. The van der Waals surface area contributed by atoms with Crippen LogP contribution in [0.3, 0.4) is 0 Å². The van der Waals surface area contributed by atoms with Gasteiger partial charge in [0.1, 0.15) is 16.5 Å². The average Bonchev–Trinajstić information content (AvgIpc) is 3.06. The highest BCUT2D eigenvalue weighted by molar-refractivity contribution is 7.16. The fourth-order valence-corrected chi connectivity index (χ4v) is 3.92. The normalized spacial score (nSPS) is 18.4. The van der Waals surface area contributed by atoms with Crippen molar-refractivity contribution in [1.29, 1.82) is 0 Å². The molecular weight excluding hydrogens is 284 g/mol. The summed E-state index contributed by atoms with van der Waals surface area (Å²) < 4.78 is 0. The summed E-state index contributed by atoms with van der Waals surface area (Å²) in [5, 5.41) is 3.18. The Labute approximate surface area is 128 Å². The minimum absolute atomic E-state index is 0.156. The number of anilines is 1. The van der Waals surface area contributed by atoms with E-state index in [0.29, 0.717) is 0 Å². The first-order valence-corrected chi connectivity index (χ1v) is 8.22. The molecule has 1 aliphatic heterocycles. The van der Waals surface area contributed by atoms with Gasteiger partial charge in [0.25, 0.3) is 0 Å². The predicted molar refractivity (Wildman–Crippen MR) is 85.8 cm³/mol. The summed E-state index contributed by atoms with van der Waals surface area (Å²) in [5.74, 6) is 1.98. The van der Waals surface area contributed by atoms with Crippen LogP contribution in [0.2, 0.25) is 0 Å².